The SMILES string of the molecule is CCCC(C(=O)OCC)C(C)=NNC(=O)COc1cc(C)ccc1C(C)C. The molecule has 0 fully saturated rings. The lowest BCUT2D eigenvalue weighted by Crippen LogP contribution is -2.30. The molecule has 0 spiro atoms. The van der Waals surface area contributed by atoms with Crippen LogP contribution < -0.4 is 10.2 Å². The maximum absolute atomic E-state index is 12.1. The monoisotopic (exact) mass is 376 g/mol. The lowest BCUT2D eigenvalue weighted by Gasteiger charge is -2.15. The number of benzene rings is 1. The maximum Gasteiger partial charge on any atom is 0.314 e. The molecule has 27 heavy (non-hydrogen) atoms. The zero-order chi connectivity index (χ0) is 20.4. The summed E-state index contributed by atoms with van der Waals surface area (Å²) in [7, 11) is 0. The van der Waals surface area contributed by atoms with Gasteiger partial charge in [-0.15, -0.1) is 0 Å². The molecule has 1 rings (SSSR count). The van der Waals surface area contributed by atoms with Gasteiger partial charge in [0, 0.05) is 5.71 Å². The summed E-state index contributed by atoms with van der Waals surface area (Å²) < 4.78 is 10.8. The number of ether oxygens (including phenoxy) is 2. The summed E-state index contributed by atoms with van der Waals surface area (Å²) in [5, 5.41) is 4.07. The van der Waals surface area contributed by atoms with Crippen LogP contribution in [0.5, 0.6) is 5.75 Å². The Bertz CT molecular complexity index is 668. The van der Waals surface area contributed by atoms with Crippen LogP contribution in [0.1, 0.15) is 64.5 Å². The van der Waals surface area contributed by atoms with E-state index in [0.29, 0.717) is 30.4 Å². The third-order valence-corrected chi connectivity index (χ3v) is 4.16. The van der Waals surface area contributed by atoms with Gasteiger partial charge in [-0.05, 0) is 50.3 Å². The van der Waals surface area contributed by atoms with Crippen LogP contribution in [0.3, 0.4) is 0 Å². The van der Waals surface area contributed by atoms with Crippen LogP contribution in [0, 0.1) is 12.8 Å². The molecule has 0 aliphatic rings. The average Bonchev–Trinajstić information content (AvgIpc) is 2.62. The number of aryl methyl sites for hydroxylation is 1. The van der Waals surface area contributed by atoms with Crippen molar-refractivity contribution in [1.29, 1.82) is 0 Å². The first-order valence-electron chi connectivity index (χ1n) is 9.53. The van der Waals surface area contributed by atoms with Crippen molar-refractivity contribution in [3.05, 3.63) is 29.3 Å². The van der Waals surface area contributed by atoms with Gasteiger partial charge in [0.2, 0.25) is 0 Å². The summed E-state index contributed by atoms with van der Waals surface area (Å²) in [6, 6.07) is 5.97. The highest BCUT2D eigenvalue weighted by atomic mass is 16.5. The number of hydrogen-bond donors (Lipinski definition) is 1. The second-order valence-electron chi connectivity index (χ2n) is 6.87. The van der Waals surface area contributed by atoms with E-state index in [4.69, 9.17) is 9.47 Å². The van der Waals surface area contributed by atoms with Gasteiger partial charge in [-0.1, -0.05) is 39.3 Å². The van der Waals surface area contributed by atoms with Crippen LogP contribution in [-0.4, -0.2) is 30.8 Å². The van der Waals surface area contributed by atoms with Crippen molar-refractivity contribution in [1.82, 2.24) is 5.43 Å². The molecule has 1 aromatic rings. The Morgan fingerprint density at radius 3 is 2.52 bits per heavy atom. The van der Waals surface area contributed by atoms with Crippen LogP contribution in [0.2, 0.25) is 0 Å². The summed E-state index contributed by atoms with van der Waals surface area (Å²) in [5.41, 5.74) is 5.12. The molecule has 0 radical (unpaired) electrons. The van der Waals surface area contributed by atoms with Gasteiger partial charge in [-0.2, -0.15) is 5.10 Å². The molecule has 0 aliphatic carbocycles. The van der Waals surface area contributed by atoms with Crippen LogP contribution in [-0.2, 0) is 14.3 Å². The highest BCUT2D eigenvalue weighted by molar-refractivity contribution is 6.01. The summed E-state index contributed by atoms with van der Waals surface area (Å²) in [6.45, 7) is 11.8. The number of carbonyl (C=O) groups is 2. The second kappa shape index (κ2) is 11.4. The fourth-order valence-corrected chi connectivity index (χ4v) is 2.68. The van der Waals surface area contributed by atoms with Crippen LogP contribution in [0.15, 0.2) is 23.3 Å². The van der Waals surface area contributed by atoms with Crippen molar-refractivity contribution in [2.24, 2.45) is 11.0 Å². The number of nitrogens with one attached hydrogen (secondary N) is 1. The van der Waals surface area contributed by atoms with E-state index < -0.39 is 5.92 Å². The van der Waals surface area contributed by atoms with Crippen molar-refractivity contribution < 1.29 is 19.1 Å². The molecule has 0 saturated heterocycles. The van der Waals surface area contributed by atoms with Gasteiger partial charge in [0.15, 0.2) is 6.61 Å². The fraction of sp³-hybridized carbons (Fsp3) is 0.571. The molecule has 1 aromatic carbocycles. The third kappa shape index (κ3) is 7.41. The lowest BCUT2D eigenvalue weighted by atomic mass is 9.99. The molecule has 1 atom stereocenters. The van der Waals surface area contributed by atoms with Crippen molar-refractivity contribution in [3.63, 3.8) is 0 Å². The van der Waals surface area contributed by atoms with Gasteiger partial charge in [0.1, 0.15) is 5.75 Å². The minimum atomic E-state index is -0.444. The third-order valence-electron chi connectivity index (χ3n) is 4.16. The number of hydrazone groups is 1. The molecule has 6 nitrogen and oxygen atoms in total. The molecule has 0 aliphatic heterocycles. The Balaban J connectivity index is 2.70. The van der Waals surface area contributed by atoms with Crippen molar-refractivity contribution in [2.75, 3.05) is 13.2 Å². The standard InChI is InChI=1S/C21H32N2O4/c1-7-9-18(21(25)26-8-2)16(6)22-23-20(24)13-27-19-12-15(5)10-11-17(19)14(3)4/h10-12,14,18H,7-9,13H2,1-6H3,(H,23,24). The number of rotatable bonds is 10. The molecule has 0 heterocycles. The zero-order valence-corrected chi connectivity index (χ0v) is 17.3. The number of nitrogens with zero attached hydrogens (tertiary/aromatic N) is 1. The van der Waals surface area contributed by atoms with Crippen molar-refractivity contribution in [2.45, 2.75) is 60.3 Å². The Kier molecular flexibility index (Phi) is 9.54. The number of hydrogen-bond acceptors (Lipinski definition) is 5. The van der Waals surface area contributed by atoms with Crippen molar-refractivity contribution >= 4 is 17.6 Å². The largest absolute Gasteiger partial charge is 0.483 e. The Morgan fingerprint density at radius 1 is 1.22 bits per heavy atom. The fourth-order valence-electron chi connectivity index (χ4n) is 2.68. The highest BCUT2D eigenvalue weighted by Gasteiger charge is 2.22. The van der Waals surface area contributed by atoms with Gasteiger partial charge in [0.05, 0.1) is 12.5 Å². The van der Waals surface area contributed by atoms with E-state index in [-0.39, 0.29) is 18.5 Å². The number of esters is 1. The highest BCUT2D eigenvalue weighted by Crippen LogP contribution is 2.27. The van der Waals surface area contributed by atoms with Gasteiger partial charge in [-0.3, -0.25) is 9.59 Å². The number of amides is 1. The average molecular weight is 376 g/mol. The molecule has 150 valence electrons. The van der Waals surface area contributed by atoms with E-state index in [9.17, 15) is 9.59 Å². The molecule has 1 amide bonds. The van der Waals surface area contributed by atoms with Crippen LogP contribution in [0.4, 0.5) is 0 Å². The van der Waals surface area contributed by atoms with E-state index in [1.165, 1.54) is 0 Å². The van der Waals surface area contributed by atoms with Gasteiger partial charge < -0.3 is 9.47 Å². The van der Waals surface area contributed by atoms with Crippen LogP contribution in [0.25, 0.3) is 0 Å². The topological polar surface area (TPSA) is 77.0 Å². The maximum atomic E-state index is 12.1. The lowest BCUT2D eigenvalue weighted by molar-refractivity contribution is -0.145. The molecule has 1 N–H and O–H groups in total. The number of carbonyl (C=O) groups excluding carboxylic acids is 2. The Hall–Kier alpha value is -2.37. The minimum absolute atomic E-state index is 0.141. The first kappa shape index (κ1) is 22.7. The summed E-state index contributed by atoms with van der Waals surface area (Å²) in [5.74, 6) is -0.128. The van der Waals surface area contributed by atoms with Gasteiger partial charge in [0.25, 0.3) is 5.91 Å². The van der Waals surface area contributed by atoms with Crippen LogP contribution >= 0.6 is 0 Å². The first-order valence-corrected chi connectivity index (χ1v) is 9.53. The normalized spacial score (nSPS) is 12.6. The van der Waals surface area contributed by atoms with E-state index in [1.807, 2.05) is 32.0 Å². The van der Waals surface area contributed by atoms with Gasteiger partial charge in [-0.25, -0.2) is 5.43 Å². The smallest absolute Gasteiger partial charge is 0.314 e. The quantitative estimate of drug-likeness (QED) is 0.381. The summed E-state index contributed by atoms with van der Waals surface area (Å²) in [4.78, 5) is 24.1. The molecule has 6 heteroatoms. The second-order valence-corrected chi connectivity index (χ2v) is 6.87. The Morgan fingerprint density at radius 2 is 1.93 bits per heavy atom. The van der Waals surface area contributed by atoms with E-state index >= 15 is 0 Å². The summed E-state index contributed by atoms with van der Waals surface area (Å²) >= 11 is 0. The Labute approximate surface area is 162 Å². The van der Waals surface area contributed by atoms with E-state index in [2.05, 4.69) is 24.4 Å². The molecular formula is C21H32N2O4. The van der Waals surface area contributed by atoms with E-state index in [1.54, 1.807) is 13.8 Å². The van der Waals surface area contributed by atoms with Gasteiger partial charge >= 0.3 is 5.97 Å². The van der Waals surface area contributed by atoms with E-state index in [0.717, 1.165) is 17.5 Å². The molecular weight excluding hydrogens is 344 g/mol. The predicted octanol–water partition coefficient (Wildman–Crippen LogP) is 3.97. The predicted molar refractivity (Wildman–Crippen MR) is 107 cm³/mol. The molecule has 0 saturated carbocycles. The summed E-state index contributed by atoms with van der Waals surface area (Å²) in [6.07, 6.45) is 1.44. The first-order chi connectivity index (χ1) is 12.8. The molecule has 1 unspecified atom stereocenters. The van der Waals surface area contributed by atoms with Crippen molar-refractivity contribution in [3.8, 4) is 5.75 Å². The molecule has 0 bridgehead atoms. The minimum Gasteiger partial charge on any atom is -0.483 e. The zero-order valence-electron chi connectivity index (χ0n) is 17.3. The molecule has 0 aromatic heterocycles.